The number of ether oxygens (including phenoxy) is 4. The van der Waals surface area contributed by atoms with E-state index in [0.717, 1.165) is 171 Å². The Labute approximate surface area is 794 Å². The van der Waals surface area contributed by atoms with Crippen molar-refractivity contribution in [3.63, 3.8) is 0 Å². The van der Waals surface area contributed by atoms with Gasteiger partial charge >= 0.3 is 11.9 Å². The number of nitrogens with zero attached hydrogens (tertiary/aromatic N) is 1. The lowest BCUT2D eigenvalue weighted by molar-refractivity contribution is -0.192. The molecule has 0 radical (unpaired) electrons. The topological polar surface area (TPSA) is 243 Å². The summed E-state index contributed by atoms with van der Waals surface area (Å²) in [5.74, 6) is 12.4. The van der Waals surface area contributed by atoms with E-state index in [0.29, 0.717) is 91.3 Å². The molecular weight excluding hydrogens is 1570 g/mol. The maximum absolute atomic E-state index is 12.3. The van der Waals surface area contributed by atoms with Crippen LogP contribution in [0.1, 0.15) is 488 Å². The van der Waals surface area contributed by atoms with Crippen LogP contribution in [0.5, 0.6) is 0 Å². The van der Waals surface area contributed by atoms with Crippen LogP contribution in [-0.4, -0.2) is 109 Å². The van der Waals surface area contributed by atoms with E-state index < -0.39 is 0 Å². The molecule has 13 unspecified atom stereocenters. The Hall–Kier alpha value is -3.62. The van der Waals surface area contributed by atoms with Gasteiger partial charge in [0.2, 0.25) is 30.3 Å². The number of carbonyl (C=O) groups is 5. The summed E-state index contributed by atoms with van der Waals surface area (Å²) in [5.41, 5.74) is 0. The molecule has 16 heteroatoms. The van der Waals surface area contributed by atoms with E-state index in [2.05, 4.69) is 159 Å². The molecule has 8 aliphatic rings. The average molecular weight is 1810 g/mol. The van der Waals surface area contributed by atoms with Gasteiger partial charge in [0.15, 0.2) is 0 Å². The highest BCUT2D eigenvalue weighted by molar-refractivity contribution is 5.80. The Kier molecular flexibility index (Phi) is 121. The van der Waals surface area contributed by atoms with E-state index in [-0.39, 0.29) is 210 Å². The van der Waals surface area contributed by atoms with Gasteiger partial charge < -0.3 is 50.2 Å². The van der Waals surface area contributed by atoms with Crippen LogP contribution in [0.2, 0.25) is 0 Å². The van der Waals surface area contributed by atoms with Crippen molar-refractivity contribution in [1.82, 2.24) is 16.0 Å². The van der Waals surface area contributed by atoms with Crippen LogP contribution >= 0.6 is 0 Å². The largest absolute Gasteiger partial charge is 0.436 e. The van der Waals surface area contributed by atoms with E-state index in [1.165, 1.54) is 89.9 Å². The summed E-state index contributed by atoms with van der Waals surface area (Å²) in [5, 5.41) is 43.6. The lowest BCUT2D eigenvalue weighted by atomic mass is 9.76. The van der Waals surface area contributed by atoms with Gasteiger partial charge in [-0.05, 0) is 237 Å². The van der Waals surface area contributed by atoms with Crippen molar-refractivity contribution in [2.45, 2.75) is 513 Å². The monoisotopic (exact) mass is 1810 g/mol. The van der Waals surface area contributed by atoms with E-state index in [1.807, 2.05) is 13.8 Å². The Bertz CT molecular complexity index is 2300. The fraction of sp³-hybridized carbons (Fsp3) is 0.927. The van der Waals surface area contributed by atoms with Crippen LogP contribution in [0.3, 0.4) is 0 Å². The first-order chi connectivity index (χ1) is 52.3. The molecule has 0 aromatic carbocycles. The molecule has 0 aromatic rings. The highest BCUT2D eigenvalue weighted by atomic mass is 16.7. The smallest absolute Gasteiger partial charge is 0.311 e. The van der Waals surface area contributed by atoms with Crippen LogP contribution in [0.4, 0.5) is 0 Å². The van der Waals surface area contributed by atoms with Crippen molar-refractivity contribution in [3.8, 4) is 6.07 Å². The highest BCUT2D eigenvalue weighted by Crippen LogP contribution is 2.39. The first-order valence-electron chi connectivity index (χ1n) is 45.7. The lowest BCUT2D eigenvalue weighted by Gasteiger charge is -2.33. The number of carbonyl (C=O) groups excluding carboxylic acids is 5. The Morgan fingerprint density at radius 2 is 0.794 bits per heavy atom. The number of aliphatic hydroxyl groups excluding tert-OH is 3. The normalized spacial score (nSPS) is 23.5. The van der Waals surface area contributed by atoms with Gasteiger partial charge in [0.05, 0.1) is 43.8 Å². The molecule has 1 heterocycles. The standard InChI is InChI=1S/C16H29NO2.C15H26O3.C15H28O3.2C12H23NO2.C11H20.C7H16.C6H11N.16CH4/c1-11(2)12-4-3-5-13(10-12)16(19)17-14-6-8-15(18)9-7-14;1-11(2)12-6-5-7-13(10-12)15(16)18-14-8-3-4-9-17-14;1-5-14(17-6-2)18-15(16)13-9-7-8-12(10-13)11(3)4;2*1-9(2)10-4-3-5-11(8-10)12(15)13-6-7-14;1-10(2)8-9-11-6-4-3-5-7-11;1-6(2)5-7(3)4;1-6(2)4-3-5-7;;;;;;;;;;;;;;;;/h11-15,18H,3-10H2,1-2H3,(H,17,19);11-14H,3-10H2,1-2H3;11-14H,5-10H2,1-4H3;2*9-11,14H,3-8H2,1-2H3,(H,13,15);3-4,10-11H,5-9H2,1-2H3;6-7H,5H2,1-4H3;6H,3-4H2,1-2H3;16*1H4. The van der Waals surface area contributed by atoms with Gasteiger partial charge in [0, 0.05) is 62.8 Å². The predicted molar refractivity (Wildman–Crippen MR) is 562 cm³/mol. The third-order valence-corrected chi connectivity index (χ3v) is 24.6. The van der Waals surface area contributed by atoms with Crippen molar-refractivity contribution in [2.24, 2.45) is 118 Å². The Morgan fingerprint density at radius 1 is 0.429 bits per heavy atom. The lowest BCUT2D eigenvalue weighted by Crippen LogP contribution is -2.43. The minimum absolute atomic E-state index is 0. The molecule has 1 saturated heterocycles. The molecule has 6 saturated carbocycles. The minimum Gasteiger partial charge on any atom is -0.436 e. The second kappa shape index (κ2) is 96.0. The number of aliphatic hydroxyl groups is 3. The number of amides is 3. The fourth-order valence-corrected chi connectivity index (χ4v) is 17.2. The molecular formula is C110H240N4O12. The van der Waals surface area contributed by atoms with Gasteiger partial charge in [-0.1, -0.05) is 333 Å². The molecule has 0 bridgehead atoms. The summed E-state index contributed by atoms with van der Waals surface area (Å²) in [6.07, 6.45) is 43.6. The van der Waals surface area contributed by atoms with Crippen molar-refractivity contribution in [3.05, 3.63) is 12.2 Å². The summed E-state index contributed by atoms with van der Waals surface area (Å²) in [7, 11) is 0. The van der Waals surface area contributed by atoms with E-state index in [1.54, 1.807) is 0 Å². The summed E-state index contributed by atoms with van der Waals surface area (Å²) >= 11 is 0. The summed E-state index contributed by atoms with van der Waals surface area (Å²) in [4.78, 5) is 60.0. The molecule has 7 aliphatic carbocycles. The van der Waals surface area contributed by atoms with Crippen LogP contribution in [0, 0.1) is 130 Å². The number of nitrogens with one attached hydrogen (secondary N) is 3. The van der Waals surface area contributed by atoms with Gasteiger partial charge in [-0.15, -0.1) is 0 Å². The molecule has 1 aliphatic heterocycles. The maximum atomic E-state index is 12.3. The molecule has 0 spiro atoms. The Balaban J connectivity index is -0.0000000783. The molecule has 772 valence electrons. The number of nitriles is 1. The van der Waals surface area contributed by atoms with Gasteiger partial charge in [0.25, 0.3) is 0 Å². The summed E-state index contributed by atoms with van der Waals surface area (Å²) < 4.78 is 21.8. The summed E-state index contributed by atoms with van der Waals surface area (Å²) in [6, 6.07) is 2.40. The van der Waals surface area contributed by atoms with Crippen molar-refractivity contribution < 1.29 is 58.2 Å². The number of hydrogen-bond donors (Lipinski definition) is 6. The fourth-order valence-electron chi connectivity index (χ4n) is 17.2. The third-order valence-electron chi connectivity index (χ3n) is 24.6. The quantitative estimate of drug-likeness (QED) is 0.0255. The van der Waals surface area contributed by atoms with Crippen molar-refractivity contribution in [2.75, 3.05) is 39.5 Å². The molecule has 16 nitrogen and oxygen atoms in total. The number of rotatable bonds is 27. The van der Waals surface area contributed by atoms with Crippen LogP contribution in [0.15, 0.2) is 12.2 Å². The molecule has 0 aromatic heterocycles. The average Bonchev–Trinajstić information content (AvgIpc) is 0.486. The first kappa shape index (κ1) is 159. The highest BCUT2D eigenvalue weighted by Gasteiger charge is 2.36. The number of hydrogen-bond acceptors (Lipinski definition) is 13. The second-order valence-corrected chi connectivity index (χ2v) is 37.6. The van der Waals surface area contributed by atoms with E-state index >= 15 is 0 Å². The molecule has 8 rings (SSSR count). The van der Waals surface area contributed by atoms with E-state index in [9.17, 15) is 29.1 Å². The number of allylic oxidation sites excluding steroid dienone is 2. The van der Waals surface area contributed by atoms with Crippen LogP contribution in [0.25, 0.3) is 0 Å². The Morgan fingerprint density at radius 3 is 1.09 bits per heavy atom. The first-order valence-corrected chi connectivity index (χ1v) is 45.7. The molecule has 6 N–H and O–H groups in total. The van der Waals surface area contributed by atoms with Gasteiger partial charge in [-0.2, -0.15) is 5.26 Å². The number of esters is 2. The zero-order valence-corrected chi connectivity index (χ0v) is 74.7. The molecule has 126 heavy (non-hydrogen) atoms. The zero-order valence-electron chi connectivity index (χ0n) is 74.7. The summed E-state index contributed by atoms with van der Waals surface area (Å²) in [6.45, 7) is 46.5. The molecule has 3 amide bonds. The second-order valence-electron chi connectivity index (χ2n) is 37.6. The van der Waals surface area contributed by atoms with Gasteiger partial charge in [0.1, 0.15) is 0 Å². The zero-order chi connectivity index (χ0) is 82.5. The predicted octanol–water partition coefficient (Wildman–Crippen LogP) is 31.9. The molecule has 7 fully saturated rings. The van der Waals surface area contributed by atoms with Crippen LogP contribution in [-0.2, 0) is 42.9 Å². The maximum Gasteiger partial charge on any atom is 0.311 e. The van der Waals surface area contributed by atoms with Gasteiger partial charge in [-0.25, -0.2) is 0 Å². The third kappa shape index (κ3) is 75.9. The van der Waals surface area contributed by atoms with Gasteiger partial charge in [-0.3, -0.25) is 24.0 Å². The molecule has 13 atom stereocenters. The van der Waals surface area contributed by atoms with E-state index in [4.69, 9.17) is 34.4 Å². The SMILES string of the molecule is C.C.C.C.C.C.C.C.C.C.C.C.C.C.C.C.CC(C)C1CCCC(C(=O)NC2CCC(O)CC2)C1.CC(C)C1CCCC(C(=O)NCCO)C1.CC(C)C1CCCC(C(=O)NCCO)C1.CC(C)C1CCCC(C(=O)OC2CCCCO2)C1.CC(C)CC(C)C.CC(C)CCC#N.CC(C)CCC1CC=CCC1.CCOC(CC)OC(=O)C1CCCC(C(C)C)C1. The minimum atomic E-state index is -0.359. The van der Waals surface area contributed by atoms with Crippen molar-refractivity contribution >= 4 is 29.7 Å². The van der Waals surface area contributed by atoms with Crippen molar-refractivity contribution in [1.29, 1.82) is 5.26 Å². The van der Waals surface area contributed by atoms with Crippen LogP contribution < -0.4 is 16.0 Å².